The van der Waals surface area contributed by atoms with E-state index in [0.717, 1.165) is 5.56 Å². The first-order valence-corrected chi connectivity index (χ1v) is 6.78. The Morgan fingerprint density at radius 2 is 1.90 bits per heavy atom. The molecule has 0 saturated heterocycles. The first-order valence-electron chi connectivity index (χ1n) is 6.78. The fourth-order valence-corrected chi connectivity index (χ4v) is 1.99. The molecule has 0 unspecified atom stereocenters. The lowest BCUT2D eigenvalue weighted by molar-refractivity contribution is -0.378. The maximum atomic E-state index is 12.1. The first-order chi connectivity index (χ1) is 10.2. The highest BCUT2D eigenvalue weighted by molar-refractivity contribution is 5.97. The van der Waals surface area contributed by atoms with Crippen LogP contribution < -0.4 is 10.7 Å². The van der Waals surface area contributed by atoms with Gasteiger partial charge in [0, 0.05) is 17.7 Å². The third-order valence-electron chi connectivity index (χ3n) is 3.14. The van der Waals surface area contributed by atoms with Crippen LogP contribution in [-0.2, 0) is 9.63 Å². The topological polar surface area (TPSA) is 78.8 Å². The van der Waals surface area contributed by atoms with Crippen molar-refractivity contribution >= 4 is 11.8 Å². The molecule has 2 rings (SSSR count). The number of oxime groups is 1. The van der Waals surface area contributed by atoms with E-state index in [0.29, 0.717) is 12.0 Å². The Morgan fingerprint density at radius 1 is 1.24 bits per heavy atom. The number of nitrogens with zero attached hydrogens (tertiary/aromatic N) is 1. The van der Waals surface area contributed by atoms with Gasteiger partial charge in [-0.15, -0.1) is 0 Å². The zero-order valence-electron chi connectivity index (χ0n) is 11.8. The number of rotatable bonds is 5. The first kappa shape index (κ1) is 14.7. The van der Waals surface area contributed by atoms with Crippen molar-refractivity contribution in [1.82, 2.24) is 0 Å². The minimum atomic E-state index is -0.408. The van der Waals surface area contributed by atoms with Gasteiger partial charge in [-0.3, -0.25) is 0 Å². The number of carbonyl (C=O) groups excluding carboxylic acids is 1. The number of amidine groups is 1. The number of aromatic nitrogens is 1. The number of nitrogens with two attached hydrogens (primary N) is 1. The van der Waals surface area contributed by atoms with E-state index in [4.69, 9.17) is 10.6 Å². The van der Waals surface area contributed by atoms with Gasteiger partial charge in [-0.05, 0) is 12.0 Å². The Kier molecular flexibility index (Phi) is 5.04. The lowest BCUT2D eigenvalue weighted by atomic mass is 9.97. The third-order valence-corrected chi connectivity index (χ3v) is 3.14. The van der Waals surface area contributed by atoms with Gasteiger partial charge in [0.25, 0.3) is 0 Å². The maximum absolute atomic E-state index is 12.1. The molecule has 5 heteroatoms. The molecule has 0 aliphatic carbocycles. The van der Waals surface area contributed by atoms with E-state index in [1.807, 2.05) is 37.3 Å². The van der Waals surface area contributed by atoms with Crippen LogP contribution in [0.1, 0.15) is 30.4 Å². The second-order valence-corrected chi connectivity index (χ2v) is 4.55. The van der Waals surface area contributed by atoms with Crippen LogP contribution in [0.4, 0.5) is 0 Å². The van der Waals surface area contributed by atoms with Gasteiger partial charge < -0.3 is 10.6 Å². The zero-order chi connectivity index (χ0) is 15.1. The summed E-state index contributed by atoms with van der Waals surface area (Å²) in [6, 6.07) is 13.0. The third kappa shape index (κ3) is 3.89. The van der Waals surface area contributed by atoms with Gasteiger partial charge in [-0.2, -0.15) is 0 Å². The van der Waals surface area contributed by atoms with E-state index in [2.05, 4.69) is 10.1 Å². The lowest BCUT2D eigenvalue weighted by Gasteiger charge is -2.11. The molecule has 1 heterocycles. The Bertz CT molecular complexity index is 612. The molecule has 108 valence electrons. The summed E-state index contributed by atoms with van der Waals surface area (Å²) >= 11 is 0. The van der Waals surface area contributed by atoms with E-state index in [9.17, 15) is 4.79 Å². The molecule has 0 saturated carbocycles. The molecule has 1 atom stereocenters. The summed E-state index contributed by atoms with van der Waals surface area (Å²) in [5.41, 5.74) is 7.38. The summed E-state index contributed by atoms with van der Waals surface area (Å²) in [7, 11) is 0. The Morgan fingerprint density at radius 3 is 2.52 bits per heavy atom. The Labute approximate surface area is 123 Å². The standard InChI is InChI=1S/C16H17N3O2/c1-2-14(12-6-4-3-5-7-12)16(20)21-19-15(17)13-8-10-18-11-9-13/h3-11,14H,2H2,1H3,(H2,17,19)/p+1/t14-/m0/s1. The molecule has 0 aliphatic heterocycles. The van der Waals surface area contributed by atoms with E-state index < -0.39 is 5.97 Å². The van der Waals surface area contributed by atoms with Crippen molar-refractivity contribution in [2.75, 3.05) is 0 Å². The largest absolute Gasteiger partial charge is 0.380 e. The van der Waals surface area contributed by atoms with Gasteiger partial charge in [0.2, 0.25) is 0 Å². The van der Waals surface area contributed by atoms with Crippen LogP contribution in [0.3, 0.4) is 0 Å². The molecule has 21 heavy (non-hydrogen) atoms. The molecule has 1 aromatic carbocycles. The second-order valence-electron chi connectivity index (χ2n) is 4.55. The summed E-state index contributed by atoms with van der Waals surface area (Å²) in [6.07, 6.45) is 4.08. The summed E-state index contributed by atoms with van der Waals surface area (Å²) in [6.45, 7) is 1.93. The van der Waals surface area contributed by atoms with Gasteiger partial charge in [-0.25, -0.2) is 9.78 Å². The van der Waals surface area contributed by atoms with E-state index >= 15 is 0 Å². The van der Waals surface area contributed by atoms with Gasteiger partial charge in [0.1, 0.15) is 0 Å². The highest BCUT2D eigenvalue weighted by atomic mass is 16.7. The molecule has 5 nitrogen and oxygen atoms in total. The number of carbonyl (C=O) groups is 1. The number of pyridine rings is 1. The lowest BCUT2D eigenvalue weighted by Crippen LogP contribution is -2.18. The van der Waals surface area contributed by atoms with Crippen LogP contribution in [-0.4, -0.2) is 11.8 Å². The Hall–Kier alpha value is -2.69. The summed E-state index contributed by atoms with van der Waals surface area (Å²) < 4.78 is 0. The number of H-pyrrole nitrogens is 1. The maximum Gasteiger partial charge on any atom is 0.342 e. The molecular formula is C16H18N3O2+. The molecule has 0 aliphatic rings. The fraction of sp³-hybridized carbons (Fsp3) is 0.188. The predicted molar refractivity (Wildman–Crippen MR) is 79.3 cm³/mol. The second kappa shape index (κ2) is 7.19. The fourth-order valence-electron chi connectivity index (χ4n) is 1.99. The molecule has 0 amide bonds. The molecule has 0 radical (unpaired) electrons. The van der Waals surface area contributed by atoms with Crippen molar-refractivity contribution < 1.29 is 14.6 Å². The van der Waals surface area contributed by atoms with Crippen LogP contribution in [0, 0.1) is 0 Å². The van der Waals surface area contributed by atoms with Gasteiger partial charge in [-0.1, -0.05) is 42.4 Å². The highest BCUT2D eigenvalue weighted by Crippen LogP contribution is 2.20. The van der Waals surface area contributed by atoms with Crippen molar-refractivity contribution in [3.8, 4) is 0 Å². The summed E-state index contributed by atoms with van der Waals surface area (Å²) in [4.78, 5) is 20.0. The average molecular weight is 284 g/mol. The normalized spacial score (nSPS) is 12.7. The quantitative estimate of drug-likeness (QED) is 0.394. The van der Waals surface area contributed by atoms with E-state index in [1.165, 1.54) is 0 Å². The van der Waals surface area contributed by atoms with Crippen LogP contribution in [0.5, 0.6) is 0 Å². The molecule has 0 bridgehead atoms. The van der Waals surface area contributed by atoms with Crippen LogP contribution in [0.25, 0.3) is 0 Å². The SMILES string of the molecule is CC[C@H](C(=O)ON=C(N)c1cc[nH+]cc1)c1ccccc1. The van der Waals surface area contributed by atoms with E-state index in [1.54, 1.807) is 24.5 Å². The monoisotopic (exact) mass is 284 g/mol. The molecule has 0 fully saturated rings. The predicted octanol–water partition coefficient (Wildman–Crippen LogP) is 1.86. The number of hydrogen-bond donors (Lipinski definition) is 1. The van der Waals surface area contributed by atoms with Gasteiger partial charge in [0.15, 0.2) is 18.2 Å². The molecule has 1 aromatic heterocycles. The van der Waals surface area contributed by atoms with Crippen molar-refractivity contribution in [2.24, 2.45) is 10.9 Å². The zero-order valence-corrected chi connectivity index (χ0v) is 11.8. The van der Waals surface area contributed by atoms with Crippen LogP contribution >= 0.6 is 0 Å². The highest BCUT2D eigenvalue weighted by Gasteiger charge is 2.20. The van der Waals surface area contributed by atoms with Gasteiger partial charge >= 0.3 is 5.97 Å². The smallest absolute Gasteiger partial charge is 0.342 e. The number of aromatic amines is 1. The number of nitrogens with one attached hydrogen (secondary N) is 1. The molecular weight excluding hydrogens is 266 g/mol. The van der Waals surface area contributed by atoms with Crippen molar-refractivity contribution in [2.45, 2.75) is 19.3 Å². The average Bonchev–Trinajstić information content (AvgIpc) is 2.55. The van der Waals surface area contributed by atoms with Crippen molar-refractivity contribution in [3.05, 3.63) is 66.0 Å². The van der Waals surface area contributed by atoms with Crippen LogP contribution in [0.2, 0.25) is 0 Å². The van der Waals surface area contributed by atoms with Crippen molar-refractivity contribution in [1.29, 1.82) is 0 Å². The Balaban J connectivity index is 2.07. The van der Waals surface area contributed by atoms with E-state index in [-0.39, 0.29) is 11.8 Å². The molecule has 2 aromatic rings. The van der Waals surface area contributed by atoms with Crippen molar-refractivity contribution in [3.63, 3.8) is 0 Å². The number of hydrogen-bond acceptors (Lipinski definition) is 3. The summed E-state index contributed by atoms with van der Waals surface area (Å²) in [5.74, 6) is -0.582. The van der Waals surface area contributed by atoms with Crippen LogP contribution in [0.15, 0.2) is 60.0 Å². The minimum Gasteiger partial charge on any atom is -0.380 e. The minimum absolute atomic E-state index is 0.167. The summed E-state index contributed by atoms with van der Waals surface area (Å²) in [5, 5.41) is 3.72. The molecule has 3 N–H and O–H groups in total. The molecule has 0 spiro atoms. The van der Waals surface area contributed by atoms with Gasteiger partial charge in [0.05, 0.1) is 5.92 Å². The number of benzene rings is 1.